The first-order valence-corrected chi connectivity index (χ1v) is 6.22. The molecule has 7 nitrogen and oxygen atoms in total. The van der Waals surface area contributed by atoms with E-state index in [0.29, 0.717) is 18.5 Å². The summed E-state index contributed by atoms with van der Waals surface area (Å²) in [5, 5.41) is 11.0. The van der Waals surface area contributed by atoms with Gasteiger partial charge >= 0.3 is 0 Å². The van der Waals surface area contributed by atoms with Crippen molar-refractivity contribution in [1.29, 1.82) is 0 Å². The minimum atomic E-state index is -0.525. The molecule has 1 atom stereocenters. The van der Waals surface area contributed by atoms with Crippen molar-refractivity contribution < 1.29 is 9.66 Å². The summed E-state index contributed by atoms with van der Waals surface area (Å²) >= 11 is 0. The topological polar surface area (TPSA) is 87.3 Å². The maximum Gasteiger partial charge on any atom is 0.270 e. The fourth-order valence-corrected chi connectivity index (χ4v) is 2.08. The Morgan fingerprint density at radius 1 is 1.50 bits per heavy atom. The second-order valence-electron chi connectivity index (χ2n) is 4.43. The standard InChI is InChI=1S/C13H15N3O4/c1-3-9(7-20-2)15-8-14-12-5-4-10(16(18)19)6-11(12)13(15)17/h4-6,8-9H,3,7H2,1-2H3. The number of rotatable bonds is 5. The molecule has 20 heavy (non-hydrogen) atoms. The van der Waals surface area contributed by atoms with E-state index in [1.165, 1.54) is 29.1 Å². The van der Waals surface area contributed by atoms with Gasteiger partial charge < -0.3 is 4.74 Å². The Hall–Kier alpha value is -2.28. The first-order chi connectivity index (χ1) is 9.58. The van der Waals surface area contributed by atoms with Gasteiger partial charge in [-0.15, -0.1) is 0 Å². The summed E-state index contributed by atoms with van der Waals surface area (Å²) in [5.74, 6) is 0. The highest BCUT2D eigenvalue weighted by molar-refractivity contribution is 5.79. The average molecular weight is 277 g/mol. The smallest absolute Gasteiger partial charge is 0.270 e. The van der Waals surface area contributed by atoms with Gasteiger partial charge in [0.05, 0.1) is 34.8 Å². The molecule has 0 N–H and O–H groups in total. The van der Waals surface area contributed by atoms with Crippen LogP contribution in [0.4, 0.5) is 5.69 Å². The molecule has 2 aromatic rings. The van der Waals surface area contributed by atoms with E-state index in [9.17, 15) is 14.9 Å². The Balaban J connectivity index is 2.62. The number of hydrogen-bond donors (Lipinski definition) is 0. The molecule has 1 aromatic heterocycles. The monoisotopic (exact) mass is 277 g/mol. The molecule has 1 heterocycles. The van der Waals surface area contributed by atoms with Crippen LogP contribution in [0.1, 0.15) is 19.4 Å². The predicted molar refractivity (Wildman–Crippen MR) is 73.9 cm³/mol. The lowest BCUT2D eigenvalue weighted by Gasteiger charge is -2.17. The van der Waals surface area contributed by atoms with E-state index in [-0.39, 0.29) is 22.7 Å². The van der Waals surface area contributed by atoms with E-state index >= 15 is 0 Å². The van der Waals surface area contributed by atoms with Gasteiger partial charge in [0.2, 0.25) is 0 Å². The van der Waals surface area contributed by atoms with Crippen LogP contribution >= 0.6 is 0 Å². The molecule has 0 spiro atoms. The molecule has 0 fully saturated rings. The number of nitro benzene ring substituents is 1. The van der Waals surface area contributed by atoms with Crippen LogP contribution in [-0.2, 0) is 4.74 Å². The van der Waals surface area contributed by atoms with Crippen LogP contribution < -0.4 is 5.56 Å². The van der Waals surface area contributed by atoms with Gasteiger partial charge in [-0.3, -0.25) is 19.5 Å². The highest BCUT2D eigenvalue weighted by Crippen LogP contribution is 2.17. The van der Waals surface area contributed by atoms with E-state index in [1.54, 1.807) is 7.11 Å². The molecule has 0 bridgehead atoms. The summed E-state index contributed by atoms with van der Waals surface area (Å²) < 4.78 is 6.55. The SMILES string of the molecule is CCC(COC)n1cnc2ccc([N+](=O)[O-])cc2c1=O. The molecule has 0 radical (unpaired) electrons. The van der Waals surface area contributed by atoms with Gasteiger partial charge in [0.25, 0.3) is 11.2 Å². The van der Waals surface area contributed by atoms with Crippen LogP contribution in [0.15, 0.2) is 29.3 Å². The molecule has 0 amide bonds. The molecule has 7 heteroatoms. The van der Waals surface area contributed by atoms with Gasteiger partial charge in [0, 0.05) is 19.2 Å². The Morgan fingerprint density at radius 2 is 2.25 bits per heavy atom. The van der Waals surface area contributed by atoms with Gasteiger partial charge in [0.1, 0.15) is 0 Å². The van der Waals surface area contributed by atoms with E-state index < -0.39 is 4.92 Å². The summed E-state index contributed by atoms with van der Waals surface area (Å²) in [7, 11) is 1.56. The molecular weight excluding hydrogens is 262 g/mol. The summed E-state index contributed by atoms with van der Waals surface area (Å²) in [6.07, 6.45) is 2.17. The van der Waals surface area contributed by atoms with Gasteiger partial charge in [-0.05, 0) is 12.5 Å². The third-order valence-corrected chi connectivity index (χ3v) is 3.20. The third-order valence-electron chi connectivity index (χ3n) is 3.20. The van der Waals surface area contributed by atoms with Crippen LogP contribution in [0.25, 0.3) is 10.9 Å². The summed E-state index contributed by atoms with van der Waals surface area (Å²) in [6.45, 7) is 2.33. The molecule has 2 rings (SSSR count). The lowest BCUT2D eigenvalue weighted by atomic mass is 10.2. The maximum atomic E-state index is 12.4. The van der Waals surface area contributed by atoms with Gasteiger partial charge in [-0.25, -0.2) is 4.98 Å². The van der Waals surface area contributed by atoms with E-state index in [4.69, 9.17) is 4.74 Å². The number of ether oxygens (including phenoxy) is 1. The predicted octanol–water partition coefficient (Wildman–Crippen LogP) is 1.90. The average Bonchev–Trinajstić information content (AvgIpc) is 2.45. The molecule has 106 valence electrons. The fourth-order valence-electron chi connectivity index (χ4n) is 2.08. The molecule has 0 aliphatic heterocycles. The van der Waals surface area contributed by atoms with Gasteiger partial charge in [-0.2, -0.15) is 0 Å². The number of hydrogen-bond acceptors (Lipinski definition) is 5. The van der Waals surface area contributed by atoms with Crippen molar-refractivity contribution >= 4 is 16.6 Å². The van der Waals surface area contributed by atoms with E-state index in [0.717, 1.165) is 0 Å². The highest BCUT2D eigenvalue weighted by atomic mass is 16.6. The minimum Gasteiger partial charge on any atom is -0.383 e. The Kier molecular flexibility index (Phi) is 4.09. The quantitative estimate of drug-likeness (QED) is 0.615. The van der Waals surface area contributed by atoms with Crippen LogP contribution in [0.3, 0.4) is 0 Å². The zero-order chi connectivity index (χ0) is 14.7. The maximum absolute atomic E-state index is 12.4. The Bertz CT molecular complexity index is 696. The zero-order valence-electron chi connectivity index (χ0n) is 11.3. The van der Waals surface area contributed by atoms with Crippen molar-refractivity contribution in [2.24, 2.45) is 0 Å². The lowest BCUT2D eigenvalue weighted by molar-refractivity contribution is -0.384. The first-order valence-electron chi connectivity index (χ1n) is 6.22. The Morgan fingerprint density at radius 3 is 2.85 bits per heavy atom. The van der Waals surface area contributed by atoms with Crippen LogP contribution in [-0.4, -0.2) is 28.2 Å². The largest absolute Gasteiger partial charge is 0.383 e. The van der Waals surface area contributed by atoms with E-state index in [2.05, 4.69) is 4.98 Å². The van der Waals surface area contributed by atoms with Crippen molar-refractivity contribution in [2.45, 2.75) is 19.4 Å². The summed E-state index contributed by atoms with van der Waals surface area (Å²) in [5.41, 5.74) is 0.0423. The third kappa shape index (κ3) is 2.53. The molecule has 0 aliphatic rings. The second-order valence-corrected chi connectivity index (χ2v) is 4.43. The normalized spacial score (nSPS) is 12.5. The van der Waals surface area contributed by atoms with Gasteiger partial charge in [0.15, 0.2) is 0 Å². The van der Waals surface area contributed by atoms with E-state index in [1.807, 2.05) is 6.92 Å². The highest BCUT2D eigenvalue weighted by Gasteiger charge is 2.15. The zero-order valence-corrected chi connectivity index (χ0v) is 11.3. The summed E-state index contributed by atoms with van der Waals surface area (Å²) in [4.78, 5) is 26.9. The number of methoxy groups -OCH3 is 1. The second kappa shape index (κ2) is 5.79. The molecule has 1 aromatic carbocycles. The van der Waals surface area contributed by atoms with Crippen molar-refractivity contribution in [3.63, 3.8) is 0 Å². The molecule has 0 saturated heterocycles. The number of aromatic nitrogens is 2. The fraction of sp³-hybridized carbons (Fsp3) is 0.385. The first kappa shape index (κ1) is 14.1. The van der Waals surface area contributed by atoms with Crippen molar-refractivity contribution in [2.75, 3.05) is 13.7 Å². The number of fused-ring (bicyclic) bond motifs is 1. The molecule has 0 saturated carbocycles. The lowest BCUT2D eigenvalue weighted by Crippen LogP contribution is -2.27. The number of non-ortho nitro benzene ring substituents is 1. The molecule has 1 unspecified atom stereocenters. The van der Waals surface area contributed by atoms with Gasteiger partial charge in [-0.1, -0.05) is 6.92 Å². The molecular formula is C13H15N3O4. The number of benzene rings is 1. The summed E-state index contributed by atoms with van der Waals surface area (Å²) in [6, 6.07) is 3.95. The van der Waals surface area contributed by atoms with Crippen LogP contribution in [0, 0.1) is 10.1 Å². The Labute approximate surface area is 115 Å². The number of nitro groups is 1. The van der Waals surface area contributed by atoms with Crippen LogP contribution in [0.2, 0.25) is 0 Å². The van der Waals surface area contributed by atoms with Crippen LogP contribution in [0.5, 0.6) is 0 Å². The molecule has 0 aliphatic carbocycles. The van der Waals surface area contributed by atoms with Crippen molar-refractivity contribution in [1.82, 2.24) is 9.55 Å². The van der Waals surface area contributed by atoms with Crippen molar-refractivity contribution in [3.05, 3.63) is 45.0 Å². The number of nitrogens with zero attached hydrogens (tertiary/aromatic N) is 3. The minimum absolute atomic E-state index is 0.117. The van der Waals surface area contributed by atoms with Crippen molar-refractivity contribution in [3.8, 4) is 0 Å².